The SMILES string of the molecule is [B][C@@H]1O[C@H](COP(=O)(O)O)[C@@H](O)[C@H]1C.[B][C@@H]1O[C@H](COP(=O)(O)O)[C@@H](O)[C@H]1C.[B][C@@H]1O[C@H](COP(=O)(O)O)[C@@H](O)[C@H]1C.[B][C@@H]1O[C@H](COP(=O)(O)O)[C@@H](O)[C@H]1C.[B][C@@H]1O[C@H](COP(C)(=O)OP(=O)(O)O)[C@@H](O)[C@H]1C.[B][C@@H]1O[C@H](COP(C)(=[Se])OP(=O)(O)O)[C@@H](O)[C@H]1C.[B][C@@H]1O[C@H](COP([B])(=O)OP(=O)(O)O)[C@@H](O)[C@H]1C. The summed E-state index contributed by atoms with van der Waals surface area (Å²) in [6, 6.07) is -4.49. The van der Waals surface area contributed by atoms with Crippen LogP contribution in [0.1, 0.15) is 48.5 Å². The molecule has 21 N–H and O–H groups in total. The molecular formula is C44H90B8O47P10Se. The van der Waals surface area contributed by atoms with Gasteiger partial charge in [-0.2, -0.15) is 0 Å². The summed E-state index contributed by atoms with van der Waals surface area (Å²) in [5.74, 6) is -4.83. The second-order valence-corrected chi connectivity index (χ2v) is 44.2. The van der Waals surface area contributed by atoms with Gasteiger partial charge in [-0.05, 0) is 0 Å². The Hall–Kier alpha value is 2.02. The van der Waals surface area contributed by atoms with E-state index in [0.29, 0.717) is 0 Å². The van der Waals surface area contributed by atoms with Crippen molar-refractivity contribution >= 4 is 153 Å². The van der Waals surface area contributed by atoms with Gasteiger partial charge in [0.25, 0.3) is 7.47 Å². The van der Waals surface area contributed by atoms with Gasteiger partial charge in [0.1, 0.15) is 83.7 Å². The third-order valence-electron chi connectivity index (χ3n) is 16.1. The molecule has 7 rings (SSSR count). The Morgan fingerprint density at radius 1 is 0.273 bits per heavy atom. The van der Waals surface area contributed by atoms with Gasteiger partial charge in [0.2, 0.25) is 7.57 Å². The van der Waals surface area contributed by atoms with Crippen molar-refractivity contribution in [1.82, 2.24) is 0 Å². The minimum Gasteiger partial charge on any atom is -0.390 e. The van der Waals surface area contributed by atoms with Crippen LogP contribution in [0.5, 0.6) is 0 Å². The molecule has 7 saturated heterocycles. The Kier molecular flexibility index (Phi) is 46.5. The van der Waals surface area contributed by atoms with Crippen molar-refractivity contribution in [2.75, 3.05) is 59.6 Å². The molecule has 7 fully saturated rings. The normalized spacial score (nSPS) is 37.7. The van der Waals surface area contributed by atoms with Gasteiger partial charge in [0.05, 0.1) is 76.3 Å². The number of rotatable bonds is 27. The van der Waals surface area contributed by atoms with E-state index in [1.807, 2.05) is 0 Å². The zero-order valence-corrected chi connectivity index (χ0v) is 70.3. The molecule has 0 bridgehead atoms. The molecule has 628 valence electrons. The molecule has 7 aliphatic heterocycles. The Morgan fingerprint density at radius 3 is 0.591 bits per heavy atom. The van der Waals surface area contributed by atoms with E-state index in [9.17, 15) is 76.8 Å². The largest absolute Gasteiger partial charge is 0.476 e. The van der Waals surface area contributed by atoms with Crippen LogP contribution in [0.15, 0.2) is 0 Å². The van der Waals surface area contributed by atoms with Crippen LogP contribution in [0, 0.1) is 41.4 Å². The summed E-state index contributed by atoms with van der Waals surface area (Å²) in [4.78, 5) is 119. The van der Waals surface area contributed by atoms with Gasteiger partial charge in [-0.15, -0.1) is 0 Å². The van der Waals surface area contributed by atoms with Gasteiger partial charge in [-0.3, -0.25) is 27.2 Å². The monoisotopic (exact) mass is 1850 g/mol. The molecule has 16 radical (unpaired) electrons. The summed E-state index contributed by atoms with van der Waals surface area (Å²) < 4.78 is 175. The van der Waals surface area contributed by atoms with Gasteiger partial charge < -0.3 is 127 Å². The minimum atomic E-state index is -5.03. The maximum atomic E-state index is 11.6. The predicted octanol–water partition coefficient (Wildman–Crippen LogP) is -5.39. The molecule has 0 spiro atoms. The van der Waals surface area contributed by atoms with Gasteiger partial charge in [0.15, 0.2) is 0 Å². The van der Waals surface area contributed by atoms with Crippen LogP contribution >= 0.6 is 75.8 Å². The van der Waals surface area contributed by atoms with Gasteiger partial charge in [-0.1, -0.05) is 41.5 Å². The van der Waals surface area contributed by atoms with E-state index in [1.54, 1.807) is 48.5 Å². The van der Waals surface area contributed by atoms with Crippen LogP contribution in [0.4, 0.5) is 0 Å². The smallest absolute Gasteiger partial charge is 0.390 e. The van der Waals surface area contributed by atoms with E-state index < -0.39 is 210 Å². The second-order valence-electron chi connectivity index (χ2n) is 25.3. The van der Waals surface area contributed by atoms with Crippen molar-refractivity contribution in [3.8, 4) is 0 Å². The topological polar surface area (TPSA) is 735 Å². The van der Waals surface area contributed by atoms with E-state index >= 15 is 0 Å². The first-order valence-corrected chi connectivity index (χ1v) is 50.1. The van der Waals surface area contributed by atoms with Crippen LogP contribution in [0.2, 0.25) is 0 Å². The standard InChI is InChI=1S/C7H15BO8P2.C7H15BO7P2Se.C6H12B2O8P2.4C6H12BO6P/c1-4-6(9)5(15-7(4)8)3-14-17(2,10)16-18(11,12)13;1-4-6(9)5(14-7(4)8)3-13-16(2,18)15-17(10,11)12;1-3-5(9)4(15-6(3)7)2-14-17(8,10)16-18(11,12)13;4*1-3-5(8)4(13-6(3)7)2-12-14(9,10)11/h4-7,9H,3H2,1-2H3,(H2,11,12,13);4-7,9H,3H2,1-2H3,(H2,10,11,12);3-6,9H,2H2,1H3,(H2,11,12,13);4*3-6,8H,2H2,1H3,(H2,9,10,11)/t4-,5-,6+,7-,17?;4-,5-,6+,7-,16?;3-,4-,5+,6-,17?;4*3-,4-,5+,6-/m1111111/s1. The minimum absolute atomic E-state index is 0.0590. The van der Waals surface area contributed by atoms with Crippen molar-refractivity contribution in [3.63, 3.8) is 0 Å². The molecule has 0 aliphatic carbocycles. The fraction of sp³-hybridized carbons (Fsp3) is 1.00. The molecule has 7 aliphatic rings. The summed E-state index contributed by atoms with van der Waals surface area (Å²) in [5, 5.41) is 67.1. The van der Waals surface area contributed by atoms with Gasteiger partial charge in [0, 0.05) is 78.2 Å². The molecule has 0 amide bonds. The number of hydrogen-bond acceptors (Lipinski definition) is 33. The fourth-order valence-corrected chi connectivity index (χ4v) is 18.8. The molecule has 0 saturated carbocycles. The fourth-order valence-electron chi connectivity index (χ4n) is 9.42. The molecule has 0 aromatic carbocycles. The van der Waals surface area contributed by atoms with E-state index in [1.165, 1.54) is 6.66 Å². The summed E-state index contributed by atoms with van der Waals surface area (Å²) in [7, 11) is 2.49. The first-order chi connectivity index (χ1) is 49.3. The van der Waals surface area contributed by atoms with Crippen molar-refractivity contribution in [3.05, 3.63) is 0 Å². The number of phosphoric acid groups is 7. The van der Waals surface area contributed by atoms with Crippen molar-refractivity contribution in [2.45, 2.75) is 176 Å². The predicted molar refractivity (Wildman–Crippen MR) is 382 cm³/mol. The Morgan fingerprint density at radius 2 is 0.436 bits per heavy atom. The Labute approximate surface area is 650 Å². The van der Waals surface area contributed by atoms with Crippen molar-refractivity contribution in [1.29, 1.82) is 0 Å². The molecule has 31 atom stereocenters. The molecule has 0 aromatic rings. The third kappa shape index (κ3) is 43.2. The van der Waals surface area contributed by atoms with Crippen LogP contribution in [0.25, 0.3) is 0 Å². The summed E-state index contributed by atoms with van der Waals surface area (Å²) >= 11 is 2.48. The number of ether oxygens (including phenoxy) is 7. The summed E-state index contributed by atoms with van der Waals surface area (Å²) in [6.45, 7) is 11.8. The van der Waals surface area contributed by atoms with E-state index in [0.717, 1.165) is 6.66 Å². The first kappa shape index (κ1) is 110. The zero-order chi connectivity index (χ0) is 86.1. The van der Waals surface area contributed by atoms with Crippen LogP contribution in [-0.2, 0) is 119 Å². The number of aliphatic hydroxyl groups is 7. The molecule has 110 heavy (non-hydrogen) atoms. The molecular weight excluding hydrogens is 1760 g/mol. The summed E-state index contributed by atoms with van der Waals surface area (Å²) in [5.41, 5.74) is 0. The van der Waals surface area contributed by atoms with Crippen molar-refractivity contribution in [2.24, 2.45) is 41.4 Å². The maximum Gasteiger partial charge on any atom is 0.476 e. The Bertz CT molecular complexity index is 2920. The van der Waals surface area contributed by atoms with Crippen molar-refractivity contribution < 1.29 is 223 Å². The first-order valence-electron chi connectivity index (χ1n) is 31.5. The van der Waals surface area contributed by atoms with E-state index in [-0.39, 0.29) is 81.1 Å². The third-order valence-corrected chi connectivity index (χ3v) is 27.6. The average molecular weight is 1850 g/mol. The summed E-state index contributed by atoms with van der Waals surface area (Å²) in [6.07, 6.45) is -11.6. The second kappa shape index (κ2) is 46.5. The quantitative estimate of drug-likeness (QED) is 0.0270. The van der Waals surface area contributed by atoms with Gasteiger partial charge >= 0.3 is 169 Å². The molecule has 0 aromatic heterocycles. The Balaban J connectivity index is 0.000000644. The zero-order valence-electron chi connectivity index (χ0n) is 59.6. The number of hydrogen-bond donors (Lipinski definition) is 21. The molecule has 3 unspecified atom stereocenters. The van der Waals surface area contributed by atoms with Gasteiger partial charge in [-0.25, -0.2) is 36.0 Å². The molecule has 47 nitrogen and oxygen atoms in total. The molecule has 66 heteroatoms. The molecule has 7 heterocycles. The van der Waals surface area contributed by atoms with Crippen LogP contribution in [-0.4, -0.2) is 369 Å². The average Bonchev–Trinajstić information content (AvgIpc) is 1.61. The van der Waals surface area contributed by atoms with Crippen LogP contribution in [0.3, 0.4) is 0 Å². The number of aliphatic hydroxyl groups excluding tert-OH is 7. The number of phosphoric ester groups is 4. The van der Waals surface area contributed by atoms with Crippen LogP contribution < -0.4 is 0 Å². The van der Waals surface area contributed by atoms with E-state index in [4.69, 9.17) is 173 Å². The van der Waals surface area contributed by atoms with E-state index in [2.05, 4.69) is 50.6 Å². The maximum absolute atomic E-state index is 11.6.